The molecule has 0 atom stereocenters. The highest BCUT2D eigenvalue weighted by Crippen LogP contribution is 2.30. The van der Waals surface area contributed by atoms with Gasteiger partial charge in [-0.05, 0) is 59.5 Å². The monoisotopic (exact) mass is 494 g/mol. The second kappa shape index (κ2) is 9.73. The van der Waals surface area contributed by atoms with Crippen molar-refractivity contribution in [1.82, 2.24) is 5.32 Å². The number of carbonyl (C=O) groups excluding carboxylic acids is 2. The lowest BCUT2D eigenvalue weighted by Gasteiger charge is -2.07. The van der Waals surface area contributed by atoms with Crippen LogP contribution in [0.1, 0.15) is 36.0 Å². The molecule has 0 spiro atoms. The number of guanidine groups is 1. The van der Waals surface area contributed by atoms with Crippen molar-refractivity contribution in [3.05, 3.63) is 80.9 Å². The molecule has 0 radical (unpaired) electrons. The van der Waals surface area contributed by atoms with Gasteiger partial charge in [0.15, 0.2) is 5.96 Å². The van der Waals surface area contributed by atoms with E-state index in [-0.39, 0.29) is 23.3 Å². The summed E-state index contributed by atoms with van der Waals surface area (Å²) in [6, 6.07) is 12.9. The maximum absolute atomic E-state index is 12.6. The van der Waals surface area contributed by atoms with Crippen molar-refractivity contribution in [2.75, 3.05) is 5.32 Å². The molecule has 6 N–H and O–H groups in total. The standard InChI is InChI=1S/C23H18N4O5S2/c24-23(25)27-14-3-1-13(2-4-14)22(31)32-15-5-6-16-17(11-34-18(16)8-15)20(28)26-9-12-7-19(21(29)30)33-10-12/h1-8,10-11H,9H2,(H,26,28)(H,29,30)(H4,24,25,27). The summed E-state index contributed by atoms with van der Waals surface area (Å²) in [5, 5.41) is 25.8. The SMILES string of the molecule is N=C(N)Nc1ccc(C(=O)Oc2ccc3c(C(=O)NCc4csc(C(=O)O)c4)csc3c2)cc1. The van der Waals surface area contributed by atoms with E-state index in [1.165, 1.54) is 17.4 Å². The van der Waals surface area contributed by atoms with Gasteiger partial charge in [0.1, 0.15) is 10.6 Å². The topological polar surface area (TPSA) is 155 Å². The molecule has 0 saturated carbocycles. The number of carbonyl (C=O) groups is 3. The fourth-order valence-electron chi connectivity index (χ4n) is 3.12. The number of benzene rings is 2. The van der Waals surface area contributed by atoms with Crippen LogP contribution in [0.4, 0.5) is 5.69 Å². The quantitative estimate of drug-likeness (QED) is 0.112. The van der Waals surface area contributed by atoms with Crippen LogP contribution in [0, 0.1) is 5.41 Å². The third-order valence-electron chi connectivity index (χ3n) is 4.72. The molecule has 172 valence electrons. The Balaban J connectivity index is 1.41. The van der Waals surface area contributed by atoms with Crippen molar-refractivity contribution in [3.63, 3.8) is 0 Å². The Morgan fingerprint density at radius 2 is 1.79 bits per heavy atom. The van der Waals surface area contributed by atoms with Crippen LogP contribution in [0.2, 0.25) is 0 Å². The first-order chi connectivity index (χ1) is 16.3. The Kier molecular flexibility index (Phi) is 6.57. The summed E-state index contributed by atoms with van der Waals surface area (Å²) in [5.41, 5.74) is 7.40. The molecule has 11 heteroatoms. The highest BCUT2D eigenvalue weighted by Gasteiger charge is 2.15. The van der Waals surface area contributed by atoms with E-state index in [9.17, 15) is 14.4 Å². The number of amides is 1. The van der Waals surface area contributed by atoms with Crippen LogP contribution >= 0.6 is 22.7 Å². The number of fused-ring (bicyclic) bond motifs is 1. The van der Waals surface area contributed by atoms with Gasteiger partial charge in [-0.1, -0.05) is 0 Å². The number of hydrogen-bond donors (Lipinski definition) is 5. The highest BCUT2D eigenvalue weighted by molar-refractivity contribution is 7.17. The van der Waals surface area contributed by atoms with Crippen molar-refractivity contribution in [2.24, 2.45) is 5.73 Å². The summed E-state index contributed by atoms with van der Waals surface area (Å²) in [6.07, 6.45) is 0. The first-order valence-electron chi connectivity index (χ1n) is 9.83. The predicted molar refractivity (Wildman–Crippen MR) is 131 cm³/mol. The molecular weight excluding hydrogens is 476 g/mol. The number of rotatable bonds is 7. The Morgan fingerprint density at radius 1 is 1.03 bits per heavy atom. The van der Waals surface area contributed by atoms with E-state index in [1.54, 1.807) is 53.2 Å². The summed E-state index contributed by atoms with van der Waals surface area (Å²) in [5.74, 6) is -1.67. The fourth-order valence-corrected chi connectivity index (χ4v) is 4.83. The molecule has 9 nitrogen and oxygen atoms in total. The van der Waals surface area contributed by atoms with Crippen LogP contribution in [0.3, 0.4) is 0 Å². The van der Waals surface area contributed by atoms with Gasteiger partial charge in [-0.15, -0.1) is 22.7 Å². The minimum Gasteiger partial charge on any atom is -0.477 e. The fraction of sp³-hybridized carbons (Fsp3) is 0.0435. The van der Waals surface area contributed by atoms with Gasteiger partial charge in [-0.3, -0.25) is 10.2 Å². The van der Waals surface area contributed by atoms with Gasteiger partial charge in [0.25, 0.3) is 5.91 Å². The number of aromatic carboxylic acids is 1. The molecular formula is C23H18N4O5S2. The van der Waals surface area contributed by atoms with E-state index in [0.29, 0.717) is 22.6 Å². The lowest BCUT2D eigenvalue weighted by Crippen LogP contribution is -2.22. The van der Waals surface area contributed by atoms with Crippen LogP contribution in [0.15, 0.2) is 59.3 Å². The molecule has 4 rings (SSSR count). The zero-order valence-corrected chi connectivity index (χ0v) is 19.1. The first kappa shape index (κ1) is 23.0. The minimum absolute atomic E-state index is 0.202. The van der Waals surface area contributed by atoms with Gasteiger partial charge in [0, 0.05) is 27.7 Å². The predicted octanol–water partition coefficient (Wildman–Crippen LogP) is 4.12. The van der Waals surface area contributed by atoms with Gasteiger partial charge >= 0.3 is 11.9 Å². The second-order valence-electron chi connectivity index (χ2n) is 7.12. The molecule has 0 saturated heterocycles. The molecule has 2 aromatic heterocycles. The highest BCUT2D eigenvalue weighted by atomic mass is 32.1. The van der Waals surface area contributed by atoms with Crippen molar-refractivity contribution in [3.8, 4) is 5.75 Å². The summed E-state index contributed by atoms with van der Waals surface area (Å²) in [7, 11) is 0. The summed E-state index contributed by atoms with van der Waals surface area (Å²) in [4.78, 5) is 36.3. The maximum atomic E-state index is 12.6. The van der Waals surface area contributed by atoms with E-state index in [1.807, 2.05) is 0 Å². The molecule has 2 heterocycles. The van der Waals surface area contributed by atoms with Crippen LogP contribution < -0.4 is 21.1 Å². The smallest absolute Gasteiger partial charge is 0.345 e. The number of ether oxygens (including phenoxy) is 1. The third kappa shape index (κ3) is 5.22. The maximum Gasteiger partial charge on any atom is 0.345 e. The summed E-state index contributed by atoms with van der Waals surface area (Å²) < 4.78 is 6.24. The average Bonchev–Trinajstić information content (AvgIpc) is 3.45. The van der Waals surface area contributed by atoms with E-state index < -0.39 is 11.9 Å². The van der Waals surface area contributed by atoms with Crippen LogP contribution in [0.5, 0.6) is 5.75 Å². The number of thiophene rings is 2. The number of carboxylic acids is 1. The molecule has 1 amide bonds. The zero-order chi connectivity index (χ0) is 24.2. The number of esters is 1. The van der Waals surface area contributed by atoms with Crippen molar-refractivity contribution in [1.29, 1.82) is 5.41 Å². The van der Waals surface area contributed by atoms with Crippen molar-refractivity contribution < 1.29 is 24.2 Å². The zero-order valence-electron chi connectivity index (χ0n) is 17.5. The van der Waals surface area contributed by atoms with Gasteiger partial charge in [-0.25, -0.2) is 9.59 Å². The largest absolute Gasteiger partial charge is 0.477 e. The molecule has 0 bridgehead atoms. The van der Waals surface area contributed by atoms with Gasteiger partial charge in [0.2, 0.25) is 0 Å². The minimum atomic E-state index is -0.995. The molecule has 0 aliphatic carbocycles. The molecule has 4 aromatic rings. The van der Waals surface area contributed by atoms with E-state index in [0.717, 1.165) is 27.0 Å². The number of nitrogens with two attached hydrogens (primary N) is 1. The van der Waals surface area contributed by atoms with Gasteiger partial charge < -0.3 is 26.2 Å². The van der Waals surface area contributed by atoms with Crippen molar-refractivity contribution >= 4 is 62.3 Å². The molecule has 2 aromatic carbocycles. The van der Waals surface area contributed by atoms with Gasteiger partial charge in [0.05, 0.1) is 11.1 Å². The Morgan fingerprint density at radius 3 is 2.47 bits per heavy atom. The number of nitrogens with one attached hydrogen (secondary N) is 3. The Hall–Kier alpha value is -4.22. The van der Waals surface area contributed by atoms with Gasteiger partial charge in [-0.2, -0.15) is 0 Å². The number of hydrogen-bond acceptors (Lipinski definition) is 7. The summed E-state index contributed by atoms with van der Waals surface area (Å²) >= 11 is 2.46. The molecule has 0 aliphatic rings. The summed E-state index contributed by atoms with van der Waals surface area (Å²) in [6.45, 7) is 0.219. The number of carboxylic acid groups (broad SMARTS) is 1. The first-order valence-corrected chi connectivity index (χ1v) is 11.6. The molecule has 0 fully saturated rings. The lowest BCUT2D eigenvalue weighted by atomic mass is 10.1. The second-order valence-corrected chi connectivity index (χ2v) is 8.94. The van der Waals surface area contributed by atoms with E-state index >= 15 is 0 Å². The van der Waals surface area contributed by atoms with Crippen molar-refractivity contribution in [2.45, 2.75) is 6.54 Å². The van der Waals surface area contributed by atoms with E-state index in [2.05, 4.69) is 10.6 Å². The normalized spacial score (nSPS) is 10.6. The van der Waals surface area contributed by atoms with Crippen LogP contribution in [0.25, 0.3) is 10.1 Å². The Labute approximate surface area is 201 Å². The molecule has 34 heavy (non-hydrogen) atoms. The third-order valence-corrected chi connectivity index (χ3v) is 6.63. The molecule has 0 aliphatic heterocycles. The number of anilines is 1. The van der Waals surface area contributed by atoms with Crippen LogP contribution in [-0.4, -0.2) is 28.9 Å². The van der Waals surface area contributed by atoms with Crippen LogP contribution in [-0.2, 0) is 6.54 Å². The average molecular weight is 495 g/mol. The lowest BCUT2D eigenvalue weighted by molar-refractivity contribution is 0.0699. The molecule has 0 unspecified atom stereocenters. The van der Waals surface area contributed by atoms with E-state index in [4.69, 9.17) is 21.0 Å². The Bertz CT molecular complexity index is 1410.